The minimum absolute atomic E-state index is 0.279. The van der Waals surface area contributed by atoms with Crippen molar-refractivity contribution in [3.8, 4) is 0 Å². The van der Waals surface area contributed by atoms with Crippen LogP contribution in [0.4, 0.5) is 0 Å². The van der Waals surface area contributed by atoms with E-state index < -0.39 is 11.9 Å². The fourth-order valence-corrected chi connectivity index (χ4v) is 2.68. The van der Waals surface area contributed by atoms with E-state index in [1.54, 1.807) is 24.3 Å². The molecule has 2 aromatic rings. The number of aromatic carboxylic acids is 1. The molecule has 0 atom stereocenters. The van der Waals surface area contributed by atoms with Crippen LogP contribution >= 0.6 is 11.3 Å². The number of hydrogen-bond acceptors (Lipinski definition) is 4. The van der Waals surface area contributed by atoms with Crippen LogP contribution in [0, 0.1) is 0 Å². The molecule has 0 saturated carbocycles. The van der Waals surface area contributed by atoms with Gasteiger partial charge in [0.2, 0.25) is 5.91 Å². The first-order chi connectivity index (χ1) is 9.51. The molecule has 6 heteroatoms. The zero-order valence-electron chi connectivity index (χ0n) is 10.9. The molecule has 0 aliphatic carbocycles. The molecule has 20 heavy (non-hydrogen) atoms. The van der Waals surface area contributed by atoms with E-state index in [2.05, 4.69) is 4.98 Å². The Kier molecular flexibility index (Phi) is 4.14. The lowest BCUT2D eigenvalue weighted by Gasteiger charge is -2.01. The minimum Gasteiger partial charge on any atom is -0.477 e. The Balaban J connectivity index is 2.27. The smallest absolute Gasteiger partial charge is 0.347 e. The number of nitrogens with two attached hydrogens (primary N) is 1. The molecule has 2 rings (SSSR count). The Labute approximate surface area is 120 Å². The molecule has 3 N–H and O–H groups in total. The number of benzene rings is 1. The number of aryl methyl sites for hydroxylation is 1. The lowest BCUT2D eigenvalue weighted by Crippen LogP contribution is -2.10. The SMILES string of the molecule is CCc1nc(Cc2ccc(C(N)=O)cc2)c(C(=O)O)s1. The van der Waals surface area contributed by atoms with Gasteiger partial charge >= 0.3 is 5.97 Å². The highest BCUT2D eigenvalue weighted by molar-refractivity contribution is 7.13. The number of carbonyl (C=O) groups is 2. The van der Waals surface area contributed by atoms with E-state index in [0.29, 0.717) is 24.1 Å². The summed E-state index contributed by atoms with van der Waals surface area (Å²) in [5.74, 6) is -1.43. The van der Waals surface area contributed by atoms with Gasteiger partial charge < -0.3 is 10.8 Å². The van der Waals surface area contributed by atoms with Crippen molar-refractivity contribution in [3.63, 3.8) is 0 Å². The fraction of sp³-hybridized carbons (Fsp3) is 0.214. The number of aromatic nitrogens is 1. The molecule has 1 heterocycles. The molecule has 1 aromatic carbocycles. The molecule has 104 valence electrons. The topological polar surface area (TPSA) is 93.3 Å². The largest absolute Gasteiger partial charge is 0.477 e. The van der Waals surface area contributed by atoms with Crippen molar-refractivity contribution in [1.82, 2.24) is 4.98 Å². The number of rotatable bonds is 5. The fourth-order valence-electron chi connectivity index (χ4n) is 1.82. The van der Waals surface area contributed by atoms with Gasteiger partial charge in [0.05, 0.1) is 10.7 Å². The van der Waals surface area contributed by atoms with E-state index in [-0.39, 0.29) is 4.88 Å². The van der Waals surface area contributed by atoms with Crippen LogP contribution < -0.4 is 5.73 Å². The van der Waals surface area contributed by atoms with Crippen molar-refractivity contribution >= 4 is 23.2 Å². The van der Waals surface area contributed by atoms with Gasteiger partial charge in [0.15, 0.2) is 0 Å². The third-order valence-electron chi connectivity index (χ3n) is 2.85. The van der Waals surface area contributed by atoms with Gasteiger partial charge in [-0.3, -0.25) is 4.79 Å². The molecule has 5 nitrogen and oxygen atoms in total. The summed E-state index contributed by atoms with van der Waals surface area (Å²) < 4.78 is 0. The number of carbonyl (C=O) groups excluding carboxylic acids is 1. The maximum absolute atomic E-state index is 11.2. The van der Waals surface area contributed by atoms with Crippen LogP contribution in [0.1, 0.15) is 43.2 Å². The maximum atomic E-state index is 11.2. The van der Waals surface area contributed by atoms with Crippen molar-refractivity contribution < 1.29 is 14.7 Å². The molecule has 1 aromatic heterocycles. The highest BCUT2D eigenvalue weighted by Gasteiger charge is 2.16. The summed E-state index contributed by atoms with van der Waals surface area (Å²) in [4.78, 5) is 26.8. The zero-order valence-corrected chi connectivity index (χ0v) is 11.7. The van der Waals surface area contributed by atoms with Crippen molar-refractivity contribution in [2.75, 3.05) is 0 Å². The third-order valence-corrected chi connectivity index (χ3v) is 4.08. The predicted molar refractivity (Wildman–Crippen MR) is 76.2 cm³/mol. The van der Waals surface area contributed by atoms with Gasteiger partial charge in [-0.15, -0.1) is 11.3 Å². The molecular formula is C14H14N2O3S. The summed E-state index contributed by atoms with van der Waals surface area (Å²) in [7, 11) is 0. The van der Waals surface area contributed by atoms with Gasteiger partial charge in [0, 0.05) is 12.0 Å². The Morgan fingerprint density at radius 1 is 1.30 bits per heavy atom. The van der Waals surface area contributed by atoms with Gasteiger partial charge in [-0.1, -0.05) is 19.1 Å². The monoisotopic (exact) mass is 290 g/mol. The number of carboxylic acids is 1. The standard InChI is InChI=1S/C14H14N2O3S/c1-2-11-16-10(12(20-11)14(18)19)7-8-3-5-9(6-4-8)13(15)17/h3-6H,2,7H2,1H3,(H2,15,17)(H,18,19). The van der Waals surface area contributed by atoms with E-state index in [1.165, 1.54) is 11.3 Å². The van der Waals surface area contributed by atoms with Gasteiger partial charge in [-0.2, -0.15) is 0 Å². The average molecular weight is 290 g/mol. The summed E-state index contributed by atoms with van der Waals surface area (Å²) in [5, 5.41) is 9.99. The molecule has 0 saturated heterocycles. The minimum atomic E-state index is -0.953. The number of primary amides is 1. The number of amides is 1. The Morgan fingerprint density at radius 2 is 1.95 bits per heavy atom. The number of carboxylic acid groups (broad SMARTS) is 1. The van der Waals surface area contributed by atoms with E-state index in [4.69, 9.17) is 5.73 Å². The van der Waals surface area contributed by atoms with Gasteiger partial charge in [0.25, 0.3) is 0 Å². The van der Waals surface area contributed by atoms with E-state index in [1.807, 2.05) is 6.92 Å². The predicted octanol–water partition coefficient (Wildman–Crippen LogP) is 2.09. The number of thiazole rings is 1. The first kappa shape index (κ1) is 14.2. The Bertz CT molecular complexity index is 647. The van der Waals surface area contributed by atoms with Crippen molar-refractivity contribution in [1.29, 1.82) is 0 Å². The molecule has 0 radical (unpaired) electrons. The first-order valence-corrected chi connectivity index (χ1v) is 6.93. The second kappa shape index (κ2) is 5.83. The quantitative estimate of drug-likeness (QED) is 0.881. The van der Waals surface area contributed by atoms with Crippen molar-refractivity contribution in [2.45, 2.75) is 19.8 Å². The summed E-state index contributed by atoms with van der Waals surface area (Å²) >= 11 is 1.21. The second-order valence-corrected chi connectivity index (χ2v) is 5.36. The zero-order chi connectivity index (χ0) is 14.7. The van der Waals surface area contributed by atoms with Crippen molar-refractivity contribution in [2.24, 2.45) is 5.73 Å². The van der Waals surface area contributed by atoms with Crippen LogP contribution in [0.5, 0.6) is 0 Å². The van der Waals surface area contributed by atoms with Crippen LogP contribution in [0.25, 0.3) is 0 Å². The van der Waals surface area contributed by atoms with Crippen molar-refractivity contribution in [3.05, 3.63) is 51.0 Å². The number of nitrogens with zero attached hydrogens (tertiary/aromatic N) is 1. The van der Waals surface area contributed by atoms with Gasteiger partial charge in [-0.05, 0) is 24.1 Å². The van der Waals surface area contributed by atoms with E-state index >= 15 is 0 Å². The second-order valence-electron chi connectivity index (χ2n) is 4.28. The van der Waals surface area contributed by atoms with Crippen LogP contribution in [0.2, 0.25) is 0 Å². The lowest BCUT2D eigenvalue weighted by atomic mass is 10.1. The van der Waals surface area contributed by atoms with Crippen LogP contribution in [0.3, 0.4) is 0 Å². The molecule has 1 amide bonds. The number of hydrogen-bond donors (Lipinski definition) is 2. The van der Waals surface area contributed by atoms with Crippen LogP contribution in [0.15, 0.2) is 24.3 Å². The summed E-state index contributed by atoms with van der Waals surface area (Å²) in [6.07, 6.45) is 1.14. The summed E-state index contributed by atoms with van der Waals surface area (Å²) in [6, 6.07) is 6.78. The Morgan fingerprint density at radius 3 is 2.45 bits per heavy atom. The van der Waals surface area contributed by atoms with Gasteiger partial charge in [0.1, 0.15) is 4.88 Å². The normalized spacial score (nSPS) is 10.4. The third kappa shape index (κ3) is 3.03. The molecule has 0 aliphatic heterocycles. The molecule has 0 spiro atoms. The highest BCUT2D eigenvalue weighted by Crippen LogP contribution is 2.22. The summed E-state index contributed by atoms with van der Waals surface area (Å²) in [5.41, 5.74) is 7.06. The average Bonchev–Trinajstić information content (AvgIpc) is 2.82. The van der Waals surface area contributed by atoms with Gasteiger partial charge in [-0.25, -0.2) is 9.78 Å². The maximum Gasteiger partial charge on any atom is 0.347 e. The van der Waals surface area contributed by atoms with Crippen LogP contribution in [-0.4, -0.2) is 22.0 Å². The van der Waals surface area contributed by atoms with E-state index in [9.17, 15) is 14.7 Å². The first-order valence-electron chi connectivity index (χ1n) is 6.12. The highest BCUT2D eigenvalue weighted by atomic mass is 32.1. The molecule has 0 unspecified atom stereocenters. The van der Waals surface area contributed by atoms with Crippen LogP contribution in [-0.2, 0) is 12.8 Å². The molecule has 0 aliphatic rings. The summed E-state index contributed by atoms with van der Waals surface area (Å²) in [6.45, 7) is 1.94. The molecule has 0 fully saturated rings. The molecular weight excluding hydrogens is 276 g/mol. The van der Waals surface area contributed by atoms with E-state index in [0.717, 1.165) is 10.6 Å². The lowest BCUT2D eigenvalue weighted by molar-refractivity contribution is 0.0700. The Hall–Kier alpha value is -2.21. The molecule has 0 bridgehead atoms.